The number of carbonyl (C=O) groups excluding carboxylic acids is 1. The second-order valence-corrected chi connectivity index (χ2v) is 5.45. The maximum absolute atomic E-state index is 12.4. The number of aryl methyl sites for hydroxylation is 1. The molecule has 0 bridgehead atoms. The van der Waals surface area contributed by atoms with E-state index in [1.165, 1.54) is 0 Å². The van der Waals surface area contributed by atoms with E-state index < -0.39 is 0 Å². The van der Waals surface area contributed by atoms with E-state index in [1.54, 1.807) is 6.26 Å². The number of carbonyl (C=O) groups is 1. The molecule has 0 saturated heterocycles. The van der Waals surface area contributed by atoms with Crippen LogP contribution in [0.3, 0.4) is 0 Å². The summed E-state index contributed by atoms with van der Waals surface area (Å²) in [7, 11) is 3.94. The van der Waals surface area contributed by atoms with Crippen molar-refractivity contribution < 1.29 is 9.21 Å². The minimum absolute atomic E-state index is 0.0223. The Hall–Kier alpha value is -2.07. The molecule has 1 N–H and O–H groups in total. The van der Waals surface area contributed by atoms with Gasteiger partial charge < -0.3 is 9.73 Å². The molecule has 0 aliphatic rings. The molecule has 0 spiro atoms. The van der Waals surface area contributed by atoms with Crippen LogP contribution < -0.4 is 5.32 Å². The Kier molecular flexibility index (Phi) is 4.81. The summed E-state index contributed by atoms with van der Waals surface area (Å²) in [5, 5.41) is 3.00. The number of hydrogen-bond donors (Lipinski definition) is 1. The molecule has 0 aliphatic carbocycles. The number of hydrogen-bond acceptors (Lipinski definition) is 3. The van der Waals surface area contributed by atoms with E-state index in [0.29, 0.717) is 6.54 Å². The van der Waals surface area contributed by atoms with Crippen molar-refractivity contribution in [2.45, 2.75) is 19.9 Å². The van der Waals surface area contributed by atoms with E-state index in [-0.39, 0.29) is 11.9 Å². The smallest absolute Gasteiger partial charge is 0.251 e. The summed E-state index contributed by atoms with van der Waals surface area (Å²) in [4.78, 5) is 14.4. The molecule has 1 aromatic heterocycles. The van der Waals surface area contributed by atoms with Crippen molar-refractivity contribution in [2.24, 2.45) is 0 Å². The highest BCUT2D eigenvalue weighted by molar-refractivity contribution is 5.95. The third kappa shape index (κ3) is 3.52. The van der Waals surface area contributed by atoms with E-state index in [4.69, 9.17) is 4.42 Å². The summed E-state index contributed by atoms with van der Waals surface area (Å²) in [6.07, 6.45) is 1.65. The number of rotatable bonds is 5. The van der Waals surface area contributed by atoms with Crippen LogP contribution in [0.2, 0.25) is 0 Å². The number of nitrogens with one attached hydrogen (secondary N) is 1. The molecule has 1 heterocycles. The summed E-state index contributed by atoms with van der Waals surface area (Å²) in [6, 6.07) is 9.58. The lowest BCUT2D eigenvalue weighted by Crippen LogP contribution is -2.34. The van der Waals surface area contributed by atoms with Crippen LogP contribution in [0.15, 0.2) is 41.0 Å². The quantitative estimate of drug-likeness (QED) is 0.919. The molecule has 0 saturated carbocycles. The molecule has 1 aromatic carbocycles. The molecule has 0 radical (unpaired) electrons. The molecule has 1 amide bonds. The molecule has 112 valence electrons. The third-order valence-corrected chi connectivity index (χ3v) is 3.80. The van der Waals surface area contributed by atoms with Crippen molar-refractivity contribution in [1.82, 2.24) is 10.2 Å². The number of benzene rings is 1. The van der Waals surface area contributed by atoms with Crippen molar-refractivity contribution in [3.05, 3.63) is 59.0 Å². The molecular weight excluding hydrogens is 264 g/mol. The Labute approximate surface area is 125 Å². The van der Waals surface area contributed by atoms with Crippen LogP contribution in [0.1, 0.15) is 33.3 Å². The van der Waals surface area contributed by atoms with Gasteiger partial charge in [-0.2, -0.15) is 0 Å². The number of furan rings is 1. The molecule has 0 aliphatic heterocycles. The first-order chi connectivity index (χ1) is 10.0. The van der Waals surface area contributed by atoms with Crippen LogP contribution in [0, 0.1) is 13.8 Å². The third-order valence-electron chi connectivity index (χ3n) is 3.80. The second-order valence-electron chi connectivity index (χ2n) is 5.45. The van der Waals surface area contributed by atoms with Gasteiger partial charge in [-0.1, -0.05) is 12.1 Å². The zero-order chi connectivity index (χ0) is 15.4. The standard InChI is InChI=1S/C17H22N2O2/c1-12-7-5-8-14(13(12)2)17(20)18-11-15(19(3)4)16-9-6-10-21-16/h5-10,15H,11H2,1-4H3,(H,18,20). The lowest BCUT2D eigenvalue weighted by atomic mass is 10.0. The molecule has 1 atom stereocenters. The van der Waals surface area contributed by atoms with Crippen LogP contribution >= 0.6 is 0 Å². The van der Waals surface area contributed by atoms with E-state index in [1.807, 2.05) is 63.2 Å². The predicted octanol–water partition coefficient (Wildman–Crippen LogP) is 2.93. The Bertz CT molecular complexity index is 603. The molecule has 4 heteroatoms. The van der Waals surface area contributed by atoms with Crippen molar-refractivity contribution in [3.63, 3.8) is 0 Å². The Morgan fingerprint density at radius 1 is 1.24 bits per heavy atom. The van der Waals surface area contributed by atoms with Crippen molar-refractivity contribution in [1.29, 1.82) is 0 Å². The lowest BCUT2D eigenvalue weighted by Gasteiger charge is -2.22. The summed E-state index contributed by atoms with van der Waals surface area (Å²) in [6.45, 7) is 4.49. The van der Waals surface area contributed by atoms with Gasteiger partial charge >= 0.3 is 0 Å². The highest BCUT2D eigenvalue weighted by Gasteiger charge is 2.18. The number of nitrogens with zero attached hydrogens (tertiary/aromatic N) is 1. The average Bonchev–Trinajstić information content (AvgIpc) is 2.95. The fourth-order valence-electron chi connectivity index (χ4n) is 2.30. The second kappa shape index (κ2) is 6.59. The van der Waals surface area contributed by atoms with E-state index in [9.17, 15) is 4.79 Å². The molecular formula is C17H22N2O2. The Balaban J connectivity index is 2.07. The molecule has 1 unspecified atom stereocenters. The minimum Gasteiger partial charge on any atom is -0.468 e. The maximum atomic E-state index is 12.4. The zero-order valence-electron chi connectivity index (χ0n) is 13.0. The highest BCUT2D eigenvalue weighted by atomic mass is 16.3. The van der Waals surface area contributed by atoms with Crippen molar-refractivity contribution in [3.8, 4) is 0 Å². The monoisotopic (exact) mass is 286 g/mol. The fraction of sp³-hybridized carbons (Fsp3) is 0.353. The molecule has 21 heavy (non-hydrogen) atoms. The number of amides is 1. The van der Waals surface area contributed by atoms with Crippen molar-refractivity contribution >= 4 is 5.91 Å². The van der Waals surface area contributed by atoms with Gasteiger partial charge in [0.2, 0.25) is 0 Å². The normalized spacial score (nSPS) is 12.4. The number of likely N-dealkylation sites (N-methyl/N-ethyl adjacent to an activating group) is 1. The minimum atomic E-state index is -0.0467. The van der Waals surface area contributed by atoms with E-state index in [2.05, 4.69) is 5.32 Å². The van der Waals surface area contributed by atoms with Crippen LogP contribution in [-0.4, -0.2) is 31.4 Å². The fourth-order valence-corrected chi connectivity index (χ4v) is 2.30. The van der Waals surface area contributed by atoms with Crippen LogP contribution in [0.4, 0.5) is 0 Å². The maximum Gasteiger partial charge on any atom is 0.251 e. The van der Waals surface area contributed by atoms with Gasteiger partial charge in [0.05, 0.1) is 12.3 Å². The van der Waals surface area contributed by atoms with Gasteiger partial charge in [0, 0.05) is 12.1 Å². The van der Waals surface area contributed by atoms with Gasteiger partial charge in [0.25, 0.3) is 5.91 Å². The lowest BCUT2D eigenvalue weighted by molar-refractivity contribution is 0.0938. The van der Waals surface area contributed by atoms with Gasteiger partial charge in [-0.15, -0.1) is 0 Å². The van der Waals surface area contributed by atoms with E-state index >= 15 is 0 Å². The molecule has 4 nitrogen and oxygen atoms in total. The highest BCUT2D eigenvalue weighted by Crippen LogP contribution is 2.18. The summed E-state index contributed by atoms with van der Waals surface area (Å²) in [5.74, 6) is 0.802. The van der Waals surface area contributed by atoms with Gasteiger partial charge in [-0.3, -0.25) is 9.69 Å². The van der Waals surface area contributed by atoms with Gasteiger partial charge in [-0.25, -0.2) is 0 Å². The first-order valence-electron chi connectivity index (χ1n) is 7.05. The van der Waals surface area contributed by atoms with Crippen LogP contribution in [-0.2, 0) is 0 Å². The molecule has 2 aromatic rings. The van der Waals surface area contributed by atoms with Crippen molar-refractivity contribution in [2.75, 3.05) is 20.6 Å². The summed E-state index contributed by atoms with van der Waals surface area (Å²) in [5.41, 5.74) is 2.87. The molecule has 0 fully saturated rings. The Morgan fingerprint density at radius 2 is 2.00 bits per heavy atom. The molecule has 2 rings (SSSR count). The zero-order valence-corrected chi connectivity index (χ0v) is 13.0. The predicted molar refractivity (Wildman–Crippen MR) is 83.4 cm³/mol. The van der Waals surface area contributed by atoms with E-state index in [0.717, 1.165) is 22.5 Å². The first kappa shape index (κ1) is 15.3. The topological polar surface area (TPSA) is 45.5 Å². The van der Waals surface area contributed by atoms with Crippen LogP contribution in [0.5, 0.6) is 0 Å². The van der Waals surface area contributed by atoms with Gasteiger partial charge in [-0.05, 0) is 57.3 Å². The average molecular weight is 286 g/mol. The first-order valence-corrected chi connectivity index (χ1v) is 7.05. The SMILES string of the molecule is Cc1cccc(C(=O)NCC(c2ccco2)N(C)C)c1C. The van der Waals surface area contributed by atoms with Crippen LogP contribution in [0.25, 0.3) is 0 Å². The summed E-state index contributed by atoms with van der Waals surface area (Å²) < 4.78 is 5.44. The van der Waals surface area contributed by atoms with Gasteiger partial charge in [0.15, 0.2) is 0 Å². The largest absolute Gasteiger partial charge is 0.468 e. The van der Waals surface area contributed by atoms with Gasteiger partial charge in [0.1, 0.15) is 5.76 Å². The summed E-state index contributed by atoms with van der Waals surface area (Å²) >= 11 is 0. The Morgan fingerprint density at radius 3 is 2.62 bits per heavy atom.